The third-order valence-corrected chi connectivity index (χ3v) is 2.14. The molecule has 0 aliphatic carbocycles. The van der Waals surface area contributed by atoms with E-state index in [2.05, 4.69) is 13.8 Å². The average molecular weight is 170 g/mol. The zero-order chi connectivity index (χ0) is 9.03. The maximum atomic E-state index is 9.06. The fourth-order valence-corrected chi connectivity index (χ4v) is 1.42. The molecule has 0 radical (unpaired) electrons. The number of aliphatic hydroxyl groups is 1. The summed E-state index contributed by atoms with van der Waals surface area (Å²) in [6.07, 6.45) is 5.06. The van der Waals surface area contributed by atoms with Gasteiger partial charge in [0.25, 0.3) is 0 Å². The molecule has 0 saturated heterocycles. The van der Waals surface area contributed by atoms with Gasteiger partial charge in [-0.25, -0.2) is 0 Å². The van der Waals surface area contributed by atoms with Crippen LogP contribution in [0.15, 0.2) is 11.8 Å². The maximum Gasteiger partial charge on any atom is 0.0876 e. The first-order valence-corrected chi connectivity index (χ1v) is 4.54. The van der Waals surface area contributed by atoms with E-state index in [0.29, 0.717) is 0 Å². The second kappa shape index (κ2) is 3.94. The highest BCUT2D eigenvalue weighted by atomic mass is 16.5. The van der Waals surface area contributed by atoms with E-state index >= 15 is 0 Å². The highest BCUT2D eigenvalue weighted by Gasteiger charge is 2.19. The molecule has 1 N–H and O–H groups in total. The van der Waals surface area contributed by atoms with Gasteiger partial charge in [-0.15, -0.1) is 0 Å². The molecular weight excluding hydrogens is 152 g/mol. The normalized spacial score (nSPS) is 18.4. The van der Waals surface area contributed by atoms with Crippen LogP contribution in [-0.4, -0.2) is 18.3 Å². The van der Waals surface area contributed by atoms with Crippen LogP contribution in [0.2, 0.25) is 0 Å². The Balaban J connectivity index is 2.44. The van der Waals surface area contributed by atoms with Gasteiger partial charge >= 0.3 is 0 Å². The quantitative estimate of drug-likeness (QED) is 0.702. The van der Waals surface area contributed by atoms with Gasteiger partial charge < -0.3 is 9.84 Å². The summed E-state index contributed by atoms with van der Waals surface area (Å²) in [6.45, 7) is 5.23. The molecule has 0 saturated carbocycles. The van der Waals surface area contributed by atoms with Gasteiger partial charge in [-0.2, -0.15) is 0 Å². The van der Waals surface area contributed by atoms with Crippen molar-refractivity contribution >= 4 is 0 Å². The van der Waals surface area contributed by atoms with Gasteiger partial charge in [-0.05, 0) is 30.3 Å². The molecule has 1 aliphatic rings. The third kappa shape index (κ3) is 2.86. The summed E-state index contributed by atoms with van der Waals surface area (Å²) in [7, 11) is 0. The lowest BCUT2D eigenvalue weighted by atomic mass is 9.85. The van der Waals surface area contributed by atoms with Crippen molar-refractivity contribution in [2.24, 2.45) is 5.41 Å². The van der Waals surface area contributed by atoms with E-state index in [1.54, 1.807) is 0 Å². The van der Waals surface area contributed by atoms with Crippen molar-refractivity contribution < 1.29 is 9.84 Å². The van der Waals surface area contributed by atoms with Crippen LogP contribution in [0.3, 0.4) is 0 Å². The minimum absolute atomic E-state index is 0.00648. The molecule has 2 heteroatoms. The molecule has 70 valence electrons. The Bertz CT molecular complexity index is 171. The molecule has 0 spiro atoms. The Kier molecular flexibility index (Phi) is 3.15. The largest absolute Gasteiger partial charge is 0.501 e. The summed E-state index contributed by atoms with van der Waals surface area (Å²) in [6, 6.07) is 0. The summed E-state index contributed by atoms with van der Waals surface area (Å²) in [5, 5.41) is 9.06. The topological polar surface area (TPSA) is 29.5 Å². The molecule has 1 aliphatic heterocycles. The summed E-state index contributed by atoms with van der Waals surface area (Å²) >= 11 is 0. The predicted molar refractivity (Wildman–Crippen MR) is 48.8 cm³/mol. The smallest absolute Gasteiger partial charge is 0.0876 e. The predicted octanol–water partition coefficient (Wildman–Crippen LogP) is 2.09. The monoisotopic (exact) mass is 170 g/mol. The van der Waals surface area contributed by atoms with Gasteiger partial charge in [0, 0.05) is 6.61 Å². The minimum atomic E-state index is 0.00648. The molecule has 2 nitrogen and oxygen atoms in total. The lowest BCUT2D eigenvalue weighted by Crippen LogP contribution is -2.18. The Morgan fingerprint density at radius 3 is 2.83 bits per heavy atom. The van der Waals surface area contributed by atoms with Gasteiger partial charge in [0.2, 0.25) is 0 Å². The summed E-state index contributed by atoms with van der Waals surface area (Å²) in [5.41, 5.74) is 1.34. The van der Waals surface area contributed by atoms with Crippen LogP contribution in [0.4, 0.5) is 0 Å². The van der Waals surface area contributed by atoms with E-state index in [4.69, 9.17) is 9.84 Å². The molecule has 0 aromatic rings. The fraction of sp³-hybridized carbons (Fsp3) is 0.800. The lowest BCUT2D eigenvalue weighted by Gasteiger charge is -2.24. The zero-order valence-electron chi connectivity index (χ0n) is 7.97. The van der Waals surface area contributed by atoms with E-state index in [1.807, 2.05) is 6.26 Å². The van der Waals surface area contributed by atoms with E-state index in [-0.39, 0.29) is 12.0 Å². The number of allylic oxidation sites excluding steroid dienone is 1. The van der Waals surface area contributed by atoms with Gasteiger partial charge in [0.15, 0.2) is 0 Å². The molecule has 12 heavy (non-hydrogen) atoms. The molecule has 0 aromatic heterocycles. The molecule has 0 fully saturated rings. The van der Waals surface area contributed by atoms with Crippen LogP contribution >= 0.6 is 0 Å². The third-order valence-electron chi connectivity index (χ3n) is 2.14. The summed E-state index contributed by atoms with van der Waals surface area (Å²) in [5.74, 6) is 0. The number of hydrogen-bond donors (Lipinski definition) is 1. The van der Waals surface area contributed by atoms with Crippen molar-refractivity contribution in [1.82, 2.24) is 0 Å². The highest BCUT2D eigenvalue weighted by Crippen LogP contribution is 2.28. The van der Waals surface area contributed by atoms with Crippen LogP contribution in [0, 0.1) is 5.41 Å². The minimum Gasteiger partial charge on any atom is -0.501 e. The van der Waals surface area contributed by atoms with Crippen molar-refractivity contribution in [2.45, 2.75) is 33.1 Å². The van der Waals surface area contributed by atoms with Gasteiger partial charge in [0.05, 0.1) is 12.9 Å². The van der Waals surface area contributed by atoms with E-state index in [1.165, 1.54) is 5.57 Å². The number of hydrogen-bond acceptors (Lipinski definition) is 2. The second-order valence-electron chi connectivity index (χ2n) is 4.25. The molecule has 0 unspecified atom stereocenters. The first-order chi connectivity index (χ1) is 5.64. The standard InChI is InChI=1S/C10H18O2/c1-10(2,8-11)6-9-4-3-5-12-7-9/h7,11H,3-6,8H2,1-2H3. The van der Waals surface area contributed by atoms with Crippen LogP contribution in [0.5, 0.6) is 0 Å². The lowest BCUT2D eigenvalue weighted by molar-refractivity contribution is 0.151. The molecule has 1 heterocycles. The zero-order valence-corrected chi connectivity index (χ0v) is 7.97. The first kappa shape index (κ1) is 9.59. The summed E-state index contributed by atoms with van der Waals surface area (Å²) in [4.78, 5) is 0. The van der Waals surface area contributed by atoms with Crippen LogP contribution in [0.1, 0.15) is 33.1 Å². The van der Waals surface area contributed by atoms with Gasteiger partial charge in [-0.3, -0.25) is 0 Å². The Morgan fingerprint density at radius 2 is 2.33 bits per heavy atom. The molecule has 0 aromatic carbocycles. The SMILES string of the molecule is CC(C)(CO)CC1=COCCC1. The van der Waals surface area contributed by atoms with Crippen molar-refractivity contribution in [3.8, 4) is 0 Å². The van der Waals surface area contributed by atoms with Crippen molar-refractivity contribution in [3.63, 3.8) is 0 Å². The average Bonchev–Trinajstić information content (AvgIpc) is 2.06. The van der Waals surface area contributed by atoms with Gasteiger partial charge in [-0.1, -0.05) is 13.8 Å². The molecule has 0 amide bonds. The van der Waals surface area contributed by atoms with E-state index in [9.17, 15) is 0 Å². The molecule has 1 rings (SSSR count). The molecule has 0 atom stereocenters. The molecular formula is C10H18O2. The number of rotatable bonds is 3. The fourth-order valence-electron chi connectivity index (χ4n) is 1.42. The van der Waals surface area contributed by atoms with Crippen molar-refractivity contribution in [3.05, 3.63) is 11.8 Å². The van der Waals surface area contributed by atoms with Crippen LogP contribution in [-0.2, 0) is 4.74 Å². The van der Waals surface area contributed by atoms with Crippen LogP contribution in [0.25, 0.3) is 0 Å². The van der Waals surface area contributed by atoms with E-state index < -0.39 is 0 Å². The maximum absolute atomic E-state index is 9.06. The van der Waals surface area contributed by atoms with Crippen molar-refractivity contribution in [2.75, 3.05) is 13.2 Å². The Hall–Kier alpha value is -0.500. The number of aliphatic hydroxyl groups excluding tert-OH is 1. The second-order valence-corrected chi connectivity index (χ2v) is 4.25. The van der Waals surface area contributed by atoms with Crippen molar-refractivity contribution in [1.29, 1.82) is 0 Å². The Morgan fingerprint density at radius 1 is 1.58 bits per heavy atom. The number of ether oxygens (including phenoxy) is 1. The molecule has 0 bridgehead atoms. The first-order valence-electron chi connectivity index (χ1n) is 4.54. The highest BCUT2D eigenvalue weighted by molar-refractivity contribution is 5.03. The Labute approximate surface area is 74.2 Å². The van der Waals surface area contributed by atoms with Crippen LogP contribution < -0.4 is 0 Å². The van der Waals surface area contributed by atoms with E-state index in [0.717, 1.165) is 25.9 Å². The van der Waals surface area contributed by atoms with Gasteiger partial charge in [0.1, 0.15) is 0 Å². The summed E-state index contributed by atoms with van der Waals surface area (Å²) < 4.78 is 5.23.